The van der Waals surface area contributed by atoms with Gasteiger partial charge >= 0.3 is 0 Å². The molecule has 0 aliphatic carbocycles. The van der Waals surface area contributed by atoms with Gasteiger partial charge in [-0.2, -0.15) is 4.98 Å². The third-order valence-corrected chi connectivity index (χ3v) is 8.18. The molecule has 35 heavy (non-hydrogen) atoms. The predicted molar refractivity (Wildman–Crippen MR) is 139 cm³/mol. The van der Waals surface area contributed by atoms with Gasteiger partial charge in [0.05, 0.1) is 12.0 Å². The first-order valence-corrected chi connectivity index (χ1v) is 13.4. The minimum absolute atomic E-state index is 0.0706. The molecule has 5 rings (SSSR count). The van der Waals surface area contributed by atoms with Gasteiger partial charge in [0.25, 0.3) is 0 Å². The standard InChI is InChI=1S/C26H24BrN3O4S/c1-33-22-11-7-19(8-12-22)24-28-25(35(31,32)23-13-9-20(27)10-14-23)26(34-24)30-17-15-29(16-18-30)21-5-3-2-4-6-21/h2-14H,15-18H2,1H3. The number of oxazole rings is 1. The molecular formula is C26H24BrN3O4S. The summed E-state index contributed by atoms with van der Waals surface area (Å²) >= 11 is 3.36. The van der Waals surface area contributed by atoms with Crippen molar-refractivity contribution in [2.45, 2.75) is 9.92 Å². The van der Waals surface area contributed by atoms with E-state index in [1.54, 1.807) is 55.6 Å². The molecule has 1 fully saturated rings. The predicted octanol–water partition coefficient (Wildman–Crippen LogP) is 5.27. The minimum Gasteiger partial charge on any atom is -0.497 e. The zero-order chi connectivity index (χ0) is 24.4. The number of ether oxygens (including phenoxy) is 1. The molecule has 7 nitrogen and oxygen atoms in total. The quantitative estimate of drug-likeness (QED) is 0.321. The average molecular weight is 554 g/mol. The molecule has 0 saturated carbocycles. The summed E-state index contributed by atoms with van der Waals surface area (Å²) in [5, 5.41) is -0.0706. The molecule has 0 amide bonds. The topological polar surface area (TPSA) is 75.9 Å². The second-order valence-electron chi connectivity index (χ2n) is 8.12. The number of sulfone groups is 1. The average Bonchev–Trinajstić information content (AvgIpc) is 3.36. The van der Waals surface area contributed by atoms with Crippen molar-refractivity contribution in [3.05, 3.63) is 83.3 Å². The monoisotopic (exact) mass is 553 g/mol. The van der Waals surface area contributed by atoms with Gasteiger partial charge in [0.15, 0.2) is 0 Å². The van der Waals surface area contributed by atoms with Gasteiger partial charge in [-0.1, -0.05) is 34.1 Å². The van der Waals surface area contributed by atoms with Gasteiger partial charge in [-0.3, -0.25) is 0 Å². The summed E-state index contributed by atoms with van der Waals surface area (Å²) in [6, 6.07) is 23.9. The number of piperazine rings is 1. The van der Waals surface area contributed by atoms with Crippen molar-refractivity contribution in [3.8, 4) is 17.2 Å². The fourth-order valence-electron chi connectivity index (χ4n) is 4.06. The number of anilines is 2. The summed E-state index contributed by atoms with van der Waals surface area (Å²) in [5.74, 6) is 1.22. The van der Waals surface area contributed by atoms with Gasteiger partial charge < -0.3 is 19.0 Å². The van der Waals surface area contributed by atoms with E-state index in [1.165, 1.54) is 0 Å². The van der Waals surface area contributed by atoms with Crippen LogP contribution in [0.5, 0.6) is 5.75 Å². The molecule has 0 bridgehead atoms. The normalized spacial score (nSPS) is 14.2. The number of rotatable bonds is 6. The van der Waals surface area contributed by atoms with Gasteiger partial charge in [-0.05, 0) is 60.7 Å². The molecule has 1 saturated heterocycles. The summed E-state index contributed by atoms with van der Waals surface area (Å²) in [5.41, 5.74) is 1.82. The summed E-state index contributed by atoms with van der Waals surface area (Å²) in [6.45, 7) is 2.69. The summed E-state index contributed by atoms with van der Waals surface area (Å²) in [6.07, 6.45) is 0. The van der Waals surface area contributed by atoms with E-state index in [-0.39, 0.29) is 21.7 Å². The summed E-state index contributed by atoms with van der Waals surface area (Å²) < 4.78 is 39.5. The Morgan fingerprint density at radius 3 is 2.11 bits per heavy atom. The molecule has 180 valence electrons. The van der Waals surface area contributed by atoms with Crippen LogP contribution < -0.4 is 14.5 Å². The van der Waals surface area contributed by atoms with Crippen LogP contribution in [0.15, 0.2) is 97.7 Å². The molecule has 1 aliphatic heterocycles. The second-order valence-corrected chi connectivity index (χ2v) is 10.9. The molecule has 3 aromatic carbocycles. The van der Waals surface area contributed by atoms with Crippen molar-refractivity contribution in [2.75, 3.05) is 43.1 Å². The molecule has 0 radical (unpaired) electrons. The zero-order valence-electron chi connectivity index (χ0n) is 19.1. The van der Waals surface area contributed by atoms with Crippen LogP contribution >= 0.6 is 15.9 Å². The lowest BCUT2D eigenvalue weighted by atomic mass is 10.2. The Balaban J connectivity index is 1.51. The van der Waals surface area contributed by atoms with E-state index in [2.05, 4.69) is 37.9 Å². The highest BCUT2D eigenvalue weighted by Gasteiger charge is 2.33. The Morgan fingerprint density at radius 2 is 1.49 bits per heavy atom. The van der Waals surface area contributed by atoms with Crippen molar-refractivity contribution in [1.29, 1.82) is 0 Å². The fourth-order valence-corrected chi connectivity index (χ4v) is 5.65. The summed E-state index contributed by atoms with van der Waals surface area (Å²) in [4.78, 5) is 8.90. The van der Waals surface area contributed by atoms with Crippen molar-refractivity contribution in [1.82, 2.24) is 4.98 Å². The molecule has 9 heteroatoms. The van der Waals surface area contributed by atoms with Crippen LogP contribution in [-0.4, -0.2) is 46.7 Å². The van der Waals surface area contributed by atoms with E-state index >= 15 is 0 Å². The van der Waals surface area contributed by atoms with Gasteiger partial charge in [0.2, 0.25) is 26.6 Å². The molecule has 0 atom stereocenters. The maximum absolute atomic E-state index is 13.6. The Kier molecular flexibility index (Phi) is 6.53. The first kappa shape index (κ1) is 23.4. The number of benzene rings is 3. The van der Waals surface area contributed by atoms with E-state index in [4.69, 9.17) is 9.15 Å². The Hall–Kier alpha value is -3.30. The highest BCUT2D eigenvalue weighted by atomic mass is 79.9. The van der Waals surface area contributed by atoms with Gasteiger partial charge in [-0.25, -0.2) is 8.42 Å². The van der Waals surface area contributed by atoms with Crippen LogP contribution in [0, 0.1) is 0 Å². The Bertz CT molecular complexity index is 1400. The number of para-hydroxylation sites is 1. The maximum Gasteiger partial charge on any atom is 0.236 e. The molecule has 1 aliphatic rings. The van der Waals surface area contributed by atoms with Crippen molar-refractivity contribution >= 4 is 37.3 Å². The van der Waals surface area contributed by atoms with Crippen molar-refractivity contribution in [3.63, 3.8) is 0 Å². The first-order valence-electron chi connectivity index (χ1n) is 11.2. The van der Waals surface area contributed by atoms with Gasteiger partial charge in [-0.15, -0.1) is 0 Å². The molecule has 0 spiro atoms. The zero-order valence-corrected chi connectivity index (χ0v) is 21.5. The van der Waals surface area contributed by atoms with Crippen LogP contribution in [0.2, 0.25) is 0 Å². The summed E-state index contributed by atoms with van der Waals surface area (Å²) in [7, 11) is -2.31. The number of hydrogen-bond donors (Lipinski definition) is 0. The van der Waals surface area contributed by atoms with E-state index < -0.39 is 9.84 Å². The number of halogens is 1. The van der Waals surface area contributed by atoms with E-state index in [0.29, 0.717) is 24.4 Å². The van der Waals surface area contributed by atoms with E-state index in [1.807, 2.05) is 23.1 Å². The number of aromatic nitrogens is 1. The Morgan fingerprint density at radius 1 is 0.857 bits per heavy atom. The van der Waals surface area contributed by atoms with Gasteiger partial charge in [0.1, 0.15) is 5.75 Å². The van der Waals surface area contributed by atoms with E-state index in [0.717, 1.165) is 23.2 Å². The highest BCUT2D eigenvalue weighted by molar-refractivity contribution is 9.10. The van der Waals surface area contributed by atoms with Gasteiger partial charge in [0, 0.05) is 41.9 Å². The molecule has 1 aromatic heterocycles. The maximum atomic E-state index is 13.6. The molecule has 0 unspecified atom stereocenters. The van der Waals surface area contributed by atoms with Crippen LogP contribution in [0.3, 0.4) is 0 Å². The van der Waals surface area contributed by atoms with Crippen LogP contribution in [-0.2, 0) is 9.84 Å². The fraction of sp³-hybridized carbons (Fsp3) is 0.192. The molecular weight excluding hydrogens is 530 g/mol. The number of methoxy groups -OCH3 is 1. The smallest absolute Gasteiger partial charge is 0.236 e. The molecule has 2 heterocycles. The van der Waals surface area contributed by atoms with Crippen molar-refractivity contribution < 1.29 is 17.6 Å². The van der Waals surface area contributed by atoms with E-state index in [9.17, 15) is 8.42 Å². The molecule has 4 aromatic rings. The lowest BCUT2D eigenvalue weighted by molar-refractivity contribution is 0.415. The highest BCUT2D eigenvalue weighted by Crippen LogP contribution is 2.36. The SMILES string of the molecule is COc1ccc(-c2nc(S(=O)(=O)c3ccc(Br)cc3)c(N3CCN(c4ccccc4)CC3)o2)cc1. The lowest BCUT2D eigenvalue weighted by Gasteiger charge is -2.36. The second kappa shape index (κ2) is 9.75. The lowest BCUT2D eigenvalue weighted by Crippen LogP contribution is -2.46. The first-order chi connectivity index (χ1) is 17.0. The Labute approximate surface area is 213 Å². The largest absolute Gasteiger partial charge is 0.497 e. The van der Waals surface area contributed by atoms with Crippen molar-refractivity contribution in [2.24, 2.45) is 0 Å². The van der Waals surface area contributed by atoms with Crippen LogP contribution in [0.4, 0.5) is 11.6 Å². The third-order valence-electron chi connectivity index (χ3n) is 5.98. The van der Waals surface area contributed by atoms with Crippen LogP contribution in [0.1, 0.15) is 0 Å². The number of nitrogens with zero attached hydrogens (tertiary/aromatic N) is 3. The molecule has 0 N–H and O–H groups in total. The van der Waals surface area contributed by atoms with Crippen LogP contribution in [0.25, 0.3) is 11.5 Å². The minimum atomic E-state index is -3.91. The number of hydrogen-bond acceptors (Lipinski definition) is 7. The third kappa shape index (κ3) is 4.78.